The third-order valence-corrected chi connectivity index (χ3v) is 4.90. The monoisotopic (exact) mass is 318 g/mol. The largest absolute Gasteiger partial charge is 0.298 e. The van der Waals surface area contributed by atoms with Crippen LogP contribution in [0.2, 0.25) is 0 Å². The van der Waals surface area contributed by atoms with E-state index in [-0.39, 0.29) is 5.41 Å². The van der Waals surface area contributed by atoms with Gasteiger partial charge in [-0.3, -0.25) is 4.79 Å². The Morgan fingerprint density at radius 3 is 2.33 bits per heavy atom. The highest BCUT2D eigenvalue weighted by atomic mass is 16.1. The van der Waals surface area contributed by atoms with Gasteiger partial charge in [-0.1, -0.05) is 42.5 Å². The molecule has 2 aromatic rings. The molecule has 3 nitrogen and oxygen atoms in total. The third kappa shape index (κ3) is 3.07. The minimum absolute atomic E-state index is 0.0709. The van der Waals surface area contributed by atoms with Crippen molar-refractivity contribution in [3.8, 4) is 0 Å². The molecular weight excluding hydrogens is 296 g/mol. The predicted octanol–water partition coefficient (Wildman–Crippen LogP) is 4.72. The average Bonchev–Trinajstić information content (AvgIpc) is 3.42. The van der Waals surface area contributed by atoms with E-state index in [9.17, 15) is 4.79 Å². The highest BCUT2D eigenvalue weighted by molar-refractivity contribution is 6.02. The summed E-state index contributed by atoms with van der Waals surface area (Å²) in [6.07, 6.45) is 3.13. The topological polar surface area (TPSA) is 41.8 Å². The maximum absolute atomic E-state index is 10.9. The summed E-state index contributed by atoms with van der Waals surface area (Å²) in [5.41, 5.74) is 6.08. The Kier molecular flexibility index (Phi) is 4.43. The maximum atomic E-state index is 10.9. The molecule has 0 saturated heterocycles. The summed E-state index contributed by atoms with van der Waals surface area (Å²) in [5.74, 6) is 0. The molecule has 3 heteroatoms. The van der Waals surface area contributed by atoms with Crippen molar-refractivity contribution in [2.45, 2.75) is 39.0 Å². The predicted molar refractivity (Wildman–Crippen MR) is 99.2 cm³/mol. The standard InChI is InChI=1S/C21H22N2O/c1-15-13-18(14-24)9-10-20(15)16(2)22-23-17(3)21(11-12-21)19-7-5-4-6-8-19/h4-10,13-14H,11-12H2,1-3H3/b22-16+,23-17+. The summed E-state index contributed by atoms with van der Waals surface area (Å²) < 4.78 is 0. The first kappa shape index (κ1) is 16.3. The Bertz CT molecular complexity index is 815. The molecule has 0 unspecified atom stereocenters. The summed E-state index contributed by atoms with van der Waals surface area (Å²) in [6, 6.07) is 16.2. The Hall–Kier alpha value is -2.55. The first-order valence-corrected chi connectivity index (χ1v) is 8.28. The van der Waals surface area contributed by atoms with Crippen molar-refractivity contribution in [3.05, 3.63) is 70.8 Å². The van der Waals surface area contributed by atoms with Crippen LogP contribution in [0, 0.1) is 6.92 Å². The van der Waals surface area contributed by atoms with Crippen LogP contribution in [-0.4, -0.2) is 17.7 Å². The summed E-state index contributed by atoms with van der Waals surface area (Å²) in [6.45, 7) is 6.02. The van der Waals surface area contributed by atoms with Gasteiger partial charge in [-0.25, -0.2) is 0 Å². The number of hydrogen-bond acceptors (Lipinski definition) is 3. The molecule has 0 bridgehead atoms. The van der Waals surface area contributed by atoms with Crippen molar-refractivity contribution in [1.82, 2.24) is 0 Å². The van der Waals surface area contributed by atoms with E-state index in [0.717, 1.165) is 41.7 Å². The first-order valence-electron chi connectivity index (χ1n) is 8.28. The van der Waals surface area contributed by atoms with E-state index in [1.165, 1.54) is 5.56 Å². The van der Waals surface area contributed by atoms with Crippen molar-refractivity contribution >= 4 is 17.7 Å². The minimum atomic E-state index is 0.0709. The second-order valence-corrected chi connectivity index (χ2v) is 6.51. The molecule has 0 aliphatic heterocycles. The number of nitrogens with zero attached hydrogens (tertiary/aromatic N) is 2. The number of rotatable bonds is 5. The number of aldehydes is 1. The average molecular weight is 318 g/mol. The molecule has 0 spiro atoms. The highest BCUT2D eigenvalue weighted by Crippen LogP contribution is 2.49. The van der Waals surface area contributed by atoms with Crippen LogP contribution in [0.5, 0.6) is 0 Å². The van der Waals surface area contributed by atoms with E-state index in [2.05, 4.69) is 41.4 Å². The van der Waals surface area contributed by atoms with E-state index in [4.69, 9.17) is 0 Å². The lowest BCUT2D eigenvalue weighted by atomic mass is 9.92. The smallest absolute Gasteiger partial charge is 0.150 e. The van der Waals surface area contributed by atoms with Crippen LogP contribution in [0.3, 0.4) is 0 Å². The Morgan fingerprint density at radius 1 is 1.04 bits per heavy atom. The van der Waals surface area contributed by atoms with Crippen LogP contribution in [0.25, 0.3) is 0 Å². The van der Waals surface area contributed by atoms with Gasteiger partial charge in [-0.15, -0.1) is 0 Å². The molecule has 1 saturated carbocycles. The summed E-state index contributed by atoms with van der Waals surface area (Å²) in [5, 5.41) is 8.99. The molecule has 0 atom stereocenters. The van der Waals surface area contributed by atoms with Gasteiger partial charge in [0.25, 0.3) is 0 Å². The molecule has 24 heavy (non-hydrogen) atoms. The zero-order chi connectivity index (χ0) is 17.2. The Labute approximate surface area is 143 Å². The molecule has 1 fully saturated rings. The van der Waals surface area contributed by atoms with Crippen molar-refractivity contribution < 1.29 is 4.79 Å². The van der Waals surface area contributed by atoms with E-state index in [0.29, 0.717) is 5.56 Å². The van der Waals surface area contributed by atoms with Gasteiger partial charge in [0.15, 0.2) is 0 Å². The second kappa shape index (κ2) is 6.52. The normalized spacial score (nSPS) is 16.8. The Balaban J connectivity index is 1.86. The number of benzene rings is 2. The van der Waals surface area contributed by atoms with Gasteiger partial charge in [0.05, 0.1) is 5.71 Å². The van der Waals surface area contributed by atoms with Crippen LogP contribution in [0.4, 0.5) is 0 Å². The Morgan fingerprint density at radius 2 is 1.75 bits per heavy atom. The molecule has 122 valence electrons. The van der Waals surface area contributed by atoms with Crippen molar-refractivity contribution in [1.29, 1.82) is 0 Å². The summed E-state index contributed by atoms with van der Waals surface area (Å²) >= 11 is 0. The SMILES string of the molecule is C/C(=N\N=C(/C)C1(c2ccccc2)CC1)c1ccc(C=O)cc1C. The number of hydrogen-bond donors (Lipinski definition) is 0. The van der Waals surface area contributed by atoms with Gasteiger partial charge < -0.3 is 0 Å². The maximum Gasteiger partial charge on any atom is 0.150 e. The lowest BCUT2D eigenvalue weighted by molar-refractivity contribution is 0.112. The quantitative estimate of drug-likeness (QED) is 0.446. The fraction of sp³-hybridized carbons (Fsp3) is 0.286. The molecule has 0 heterocycles. The zero-order valence-electron chi connectivity index (χ0n) is 14.4. The molecule has 1 aliphatic rings. The molecule has 0 N–H and O–H groups in total. The number of carbonyl (C=O) groups is 1. The fourth-order valence-electron chi connectivity index (χ4n) is 3.21. The summed E-state index contributed by atoms with van der Waals surface area (Å²) in [7, 11) is 0. The van der Waals surface area contributed by atoms with Crippen LogP contribution in [-0.2, 0) is 5.41 Å². The lowest BCUT2D eigenvalue weighted by Crippen LogP contribution is -2.17. The molecular formula is C21H22N2O. The van der Waals surface area contributed by atoms with Crippen molar-refractivity contribution in [2.75, 3.05) is 0 Å². The minimum Gasteiger partial charge on any atom is -0.298 e. The van der Waals surface area contributed by atoms with Crippen molar-refractivity contribution in [2.24, 2.45) is 10.2 Å². The zero-order valence-corrected chi connectivity index (χ0v) is 14.4. The molecule has 1 aliphatic carbocycles. The van der Waals surface area contributed by atoms with Gasteiger partial charge in [0.1, 0.15) is 6.29 Å². The van der Waals surface area contributed by atoms with Gasteiger partial charge >= 0.3 is 0 Å². The van der Waals surface area contributed by atoms with Gasteiger partial charge in [0.2, 0.25) is 0 Å². The molecule has 2 aromatic carbocycles. The van der Waals surface area contributed by atoms with Gasteiger partial charge in [0, 0.05) is 22.3 Å². The molecule has 0 amide bonds. The first-order chi connectivity index (χ1) is 11.6. The van der Waals surface area contributed by atoms with Crippen LogP contribution in [0.1, 0.15) is 53.7 Å². The molecule has 0 aromatic heterocycles. The van der Waals surface area contributed by atoms with E-state index < -0.39 is 0 Å². The fourth-order valence-corrected chi connectivity index (χ4v) is 3.21. The third-order valence-electron chi connectivity index (χ3n) is 4.90. The highest BCUT2D eigenvalue weighted by Gasteiger charge is 2.47. The van der Waals surface area contributed by atoms with Gasteiger partial charge in [-0.05, 0) is 50.8 Å². The second-order valence-electron chi connectivity index (χ2n) is 6.51. The van der Waals surface area contributed by atoms with Crippen LogP contribution in [0.15, 0.2) is 58.7 Å². The van der Waals surface area contributed by atoms with Crippen LogP contribution < -0.4 is 0 Å². The van der Waals surface area contributed by atoms with E-state index >= 15 is 0 Å². The number of aryl methyl sites for hydroxylation is 1. The van der Waals surface area contributed by atoms with Crippen molar-refractivity contribution in [3.63, 3.8) is 0 Å². The van der Waals surface area contributed by atoms with E-state index in [1.54, 1.807) is 0 Å². The molecule has 0 radical (unpaired) electrons. The van der Waals surface area contributed by atoms with Gasteiger partial charge in [-0.2, -0.15) is 10.2 Å². The number of carbonyl (C=O) groups excluding carboxylic acids is 1. The molecule has 3 rings (SSSR count). The lowest BCUT2D eigenvalue weighted by Gasteiger charge is -2.14. The van der Waals surface area contributed by atoms with Crippen LogP contribution >= 0.6 is 0 Å². The van der Waals surface area contributed by atoms with E-state index in [1.807, 2.05) is 38.1 Å². The summed E-state index contributed by atoms with van der Waals surface area (Å²) in [4.78, 5) is 10.9.